The van der Waals surface area contributed by atoms with Gasteiger partial charge in [0.1, 0.15) is 5.82 Å². The van der Waals surface area contributed by atoms with Crippen molar-refractivity contribution in [3.63, 3.8) is 0 Å². The summed E-state index contributed by atoms with van der Waals surface area (Å²) in [6.07, 6.45) is 0.532. The third-order valence-corrected chi connectivity index (χ3v) is 3.33. The summed E-state index contributed by atoms with van der Waals surface area (Å²) in [7, 11) is 0. The first-order valence-electron chi connectivity index (χ1n) is 6.48. The normalized spacial score (nSPS) is 24.4. The van der Waals surface area contributed by atoms with Crippen LogP contribution in [0.15, 0.2) is 36.4 Å². The standard InChI is InChI=1S/C15H18N2O/c1-11-9-17(10-12(2)18-11)15-8-7-13-5-3-4-6-14(13)16-15/h3-8,11-12H,9-10H2,1-2H3. The van der Waals surface area contributed by atoms with Crippen molar-refractivity contribution in [3.05, 3.63) is 36.4 Å². The quantitative estimate of drug-likeness (QED) is 0.769. The van der Waals surface area contributed by atoms with Crippen molar-refractivity contribution in [1.29, 1.82) is 0 Å². The van der Waals surface area contributed by atoms with Gasteiger partial charge < -0.3 is 9.64 Å². The Kier molecular flexibility index (Phi) is 2.92. The number of fused-ring (bicyclic) bond motifs is 1. The Morgan fingerprint density at radius 3 is 2.56 bits per heavy atom. The van der Waals surface area contributed by atoms with Crippen molar-refractivity contribution in [1.82, 2.24) is 4.98 Å². The molecule has 2 atom stereocenters. The zero-order chi connectivity index (χ0) is 12.5. The molecule has 3 rings (SSSR count). The van der Waals surface area contributed by atoms with Crippen LogP contribution >= 0.6 is 0 Å². The highest BCUT2D eigenvalue weighted by Crippen LogP contribution is 2.21. The zero-order valence-electron chi connectivity index (χ0n) is 10.8. The van der Waals surface area contributed by atoms with Gasteiger partial charge in [-0.1, -0.05) is 18.2 Å². The molecule has 94 valence electrons. The number of morpholine rings is 1. The molecule has 2 heterocycles. The number of hydrogen-bond donors (Lipinski definition) is 0. The minimum Gasteiger partial charge on any atom is -0.372 e. The summed E-state index contributed by atoms with van der Waals surface area (Å²) in [6, 6.07) is 12.5. The number of nitrogens with zero attached hydrogens (tertiary/aromatic N) is 2. The lowest BCUT2D eigenvalue weighted by atomic mass is 10.2. The largest absolute Gasteiger partial charge is 0.372 e. The Balaban J connectivity index is 1.93. The maximum Gasteiger partial charge on any atom is 0.129 e. The van der Waals surface area contributed by atoms with E-state index in [0.29, 0.717) is 0 Å². The van der Waals surface area contributed by atoms with E-state index in [4.69, 9.17) is 9.72 Å². The first kappa shape index (κ1) is 11.5. The fourth-order valence-corrected chi connectivity index (χ4v) is 2.60. The Morgan fingerprint density at radius 2 is 1.78 bits per heavy atom. The molecule has 1 aromatic heterocycles. The summed E-state index contributed by atoms with van der Waals surface area (Å²) >= 11 is 0. The molecule has 0 radical (unpaired) electrons. The van der Waals surface area contributed by atoms with Gasteiger partial charge in [-0.2, -0.15) is 0 Å². The first-order valence-corrected chi connectivity index (χ1v) is 6.48. The van der Waals surface area contributed by atoms with Gasteiger partial charge >= 0.3 is 0 Å². The summed E-state index contributed by atoms with van der Waals surface area (Å²) in [4.78, 5) is 7.05. The third kappa shape index (κ3) is 2.18. The van der Waals surface area contributed by atoms with Gasteiger partial charge in [0.05, 0.1) is 17.7 Å². The molecule has 0 N–H and O–H groups in total. The van der Waals surface area contributed by atoms with Gasteiger partial charge in [-0.15, -0.1) is 0 Å². The van der Waals surface area contributed by atoms with Crippen LogP contribution in [-0.2, 0) is 4.74 Å². The molecule has 3 heteroatoms. The van der Waals surface area contributed by atoms with E-state index in [1.807, 2.05) is 12.1 Å². The average molecular weight is 242 g/mol. The van der Waals surface area contributed by atoms with Crippen LogP contribution in [0.1, 0.15) is 13.8 Å². The lowest BCUT2D eigenvalue weighted by Crippen LogP contribution is -2.45. The number of hydrogen-bond acceptors (Lipinski definition) is 3. The first-order chi connectivity index (χ1) is 8.72. The number of para-hydroxylation sites is 1. The second-order valence-corrected chi connectivity index (χ2v) is 5.02. The Morgan fingerprint density at radius 1 is 1.06 bits per heavy atom. The van der Waals surface area contributed by atoms with Gasteiger partial charge in [-0.05, 0) is 32.0 Å². The van der Waals surface area contributed by atoms with E-state index in [-0.39, 0.29) is 12.2 Å². The van der Waals surface area contributed by atoms with Crippen molar-refractivity contribution in [2.45, 2.75) is 26.1 Å². The van der Waals surface area contributed by atoms with E-state index in [1.54, 1.807) is 0 Å². The summed E-state index contributed by atoms with van der Waals surface area (Å²) in [6.45, 7) is 6.05. The molecule has 1 fully saturated rings. The molecule has 2 unspecified atom stereocenters. The monoisotopic (exact) mass is 242 g/mol. The van der Waals surface area contributed by atoms with Crippen molar-refractivity contribution >= 4 is 16.7 Å². The highest BCUT2D eigenvalue weighted by atomic mass is 16.5. The number of benzene rings is 1. The molecule has 18 heavy (non-hydrogen) atoms. The maximum atomic E-state index is 5.76. The number of aromatic nitrogens is 1. The van der Waals surface area contributed by atoms with Crippen LogP contribution in [0.4, 0.5) is 5.82 Å². The van der Waals surface area contributed by atoms with Crippen LogP contribution < -0.4 is 4.90 Å². The SMILES string of the molecule is CC1CN(c2ccc3ccccc3n2)CC(C)O1. The lowest BCUT2D eigenvalue weighted by molar-refractivity contribution is -0.00544. The fraction of sp³-hybridized carbons (Fsp3) is 0.400. The van der Waals surface area contributed by atoms with Crippen molar-refractivity contribution in [2.75, 3.05) is 18.0 Å². The molecule has 3 nitrogen and oxygen atoms in total. The fourth-order valence-electron chi connectivity index (χ4n) is 2.60. The predicted octanol–water partition coefficient (Wildman–Crippen LogP) is 2.85. The number of rotatable bonds is 1. The number of anilines is 1. The molecule has 0 spiro atoms. The molecule has 0 saturated carbocycles. The number of ether oxygens (including phenoxy) is 1. The minimum absolute atomic E-state index is 0.266. The summed E-state index contributed by atoms with van der Waals surface area (Å²) < 4.78 is 5.76. The van der Waals surface area contributed by atoms with E-state index >= 15 is 0 Å². The molecule has 0 amide bonds. The Labute approximate surface area is 107 Å². The van der Waals surface area contributed by atoms with Gasteiger partial charge in [0.2, 0.25) is 0 Å². The van der Waals surface area contributed by atoms with Crippen molar-refractivity contribution in [2.24, 2.45) is 0 Å². The molecule has 1 aliphatic heterocycles. The lowest BCUT2D eigenvalue weighted by Gasteiger charge is -2.36. The van der Waals surface area contributed by atoms with Crippen LogP contribution in [-0.4, -0.2) is 30.3 Å². The minimum atomic E-state index is 0.266. The van der Waals surface area contributed by atoms with Crippen molar-refractivity contribution in [3.8, 4) is 0 Å². The van der Waals surface area contributed by atoms with Gasteiger partial charge in [0, 0.05) is 18.5 Å². The zero-order valence-corrected chi connectivity index (χ0v) is 10.8. The number of pyridine rings is 1. The predicted molar refractivity (Wildman–Crippen MR) is 74.0 cm³/mol. The Bertz CT molecular complexity index is 545. The molecule has 0 aliphatic carbocycles. The van der Waals surface area contributed by atoms with E-state index in [0.717, 1.165) is 24.4 Å². The Hall–Kier alpha value is -1.61. The summed E-state index contributed by atoms with van der Waals surface area (Å²) in [5.74, 6) is 1.05. The van der Waals surface area contributed by atoms with Gasteiger partial charge in [-0.25, -0.2) is 4.98 Å². The summed E-state index contributed by atoms with van der Waals surface area (Å²) in [5, 5.41) is 1.19. The van der Waals surface area contributed by atoms with E-state index in [2.05, 4.69) is 43.0 Å². The van der Waals surface area contributed by atoms with Crippen LogP contribution in [0.2, 0.25) is 0 Å². The molecular formula is C15H18N2O. The van der Waals surface area contributed by atoms with Gasteiger partial charge in [-0.3, -0.25) is 0 Å². The van der Waals surface area contributed by atoms with Crippen LogP contribution in [0.3, 0.4) is 0 Å². The van der Waals surface area contributed by atoms with E-state index in [1.165, 1.54) is 5.39 Å². The van der Waals surface area contributed by atoms with Crippen molar-refractivity contribution < 1.29 is 4.74 Å². The highest BCUT2D eigenvalue weighted by molar-refractivity contribution is 5.80. The second-order valence-electron chi connectivity index (χ2n) is 5.02. The maximum absolute atomic E-state index is 5.76. The van der Waals surface area contributed by atoms with Crippen LogP contribution in [0.25, 0.3) is 10.9 Å². The smallest absolute Gasteiger partial charge is 0.129 e. The topological polar surface area (TPSA) is 25.4 Å². The van der Waals surface area contributed by atoms with E-state index in [9.17, 15) is 0 Å². The average Bonchev–Trinajstić information content (AvgIpc) is 2.37. The van der Waals surface area contributed by atoms with Crippen LogP contribution in [0.5, 0.6) is 0 Å². The molecule has 0 bridgehead atoms. The van der Waals surface area contributed by atoms with Gasteiger partial charge in [0.25, 0.3) is 0 Å². The summed E-state index contributed by atoms with van der Waals surface area (Å²) in [5.41, 5.74) is 1.06. The third-order valence-electron chi connectivity index (χ3n) is 3.33. The second kappa shape index (κ2) is 4.58. The molecule has 1 saturated heterocycles. The highest BCUT2D eigenvalue weighted by Gasteiger charge is 2.23. The van der Waals surface area contributed by atoms with E-state index < -0.39 is 0 Å². The molecule has 1 aromatic carbocycles. The van der Waals surface area contributed by atoms with Crippen LogP contribution in [0, 0.1) is 0 Å². The molecule has 2 aromatic rings. The molecular weight excluding hydrogens is 224 g/mol. The van der Waals surface area contributed by atoms with Gasteiger partial charge in [0.15, 0.2) is 0 Å². The molecule has 1 aliphatic rings.